The number of amides is 1. The number of carbonyl (C=O) groups is 1. The summed E-state index contributed by atoms with van der Waals surface area (Å²) in [7, 11) is -2.14. The third-order valence-corrected chi connectivity index (χ3v) is 6.00. The van der Waals surface area contributed by atoms with Crippen molar-refractivity contribution in [1.29, 1.82) is 0 Å². The zero-order valence-electron chi connectivity index (χ0n) is 12.0. The second-order valence-corrected chi connectivity index (χ2v) is 7.66. The topological polar surface area (TPSA) is 66.5 Å². The van der Waals surface area contributed by atoms with Gasteiger partial charge in [-0.2, -0.15) is 17.5 Å². The SMILES string of the molecule is CN1C(C(=O)NCc2cccc(C(F)(F)F)c2Cl)CCS1(=O)=O. The summed E-state index contributed by atoms with van der Waals surface area (Å²) in [6.07, 6.45) is -4.45. The highest BCUT2D eigenvalue weighted by Crippen LogP contribution is 2.36. The lowest BCUT2D eigenvalue weighted by atomic mass is 10.1. The Balaban J connectivity index is 2.09. The van der Waals surface area contributed by atoms with E-state index in [2.05, 4.69) is 5.32 Å². The molecule has 128 valence electrons. The van der Waals surface area contributed by atoms with Crippen LogP contribution in [0.15, 0.2) is 18.2 Å². The molecule has 23 heavy (non-hydrogen) atoms. The molecule has 1 unspecified atom stereocenters. The van der Waals surface area contributed by atoms with Crippen molar-refractivity contribution in [3.63, 3.8) is 0 Å². The maximum Gasteiger partial charge on any atom is 0.417 e. The van der Waals surface area contributed by atoms with E-state index in [-0.39, 0.29) is 24.3 Å². The molecule has 1 fully saturated rings. The predicted octanol–water partition coefficient (Wildman–Crippen LogP) is 2.01. The lowest BCUT2D eigenvalue weighted by Gasteiger charge is -2.18. The minimum absolute atomic E-state index is 0.110. The van der Waals surface area contributed by atoms with E-state index >= 15 is 0 Å². The number of benzene rings is 1. The second-order valence-electron chi connectivity index (χ2n) is 5.13. The Labute approximate surface area is 136 Å². The summed E-state index contributed by atoms with van der Waals surface area (Å²) in [6, 6.07) is 2.56. The molecular formula is C13H14ClF3N2O3S. The summed E-state index contributed by atoms with van der Waals surface area (Å²) in [5.74, 6) is -0.701. The first kappa shape index (κ1) is 18.0. The molecule has 1 aliphatic rings. The zero-order valence-corrected chi connectivity index (χ0v) is 13.6. The monoisotopic (exact) mass is 370 g/mol. The quantitative estimate of drug-likeness (QED) is 0.885. The van der Waals surface area contributed by atoms with Crippen molar-refractivity contribution in [3.8, 4) is 0 Å². The van der Waals surface area contributed by atoms with Gasteiger partial charge in [-0.15, -0.1) is 0 Å². The van der Waals surface area contributed by atoms with Crippen LogP contribution in [0.1, 0.15) is 17.5 Å². The van der Waals surface area contributed by atoms with Crippen LogP contribution in [0.2, 0.25) is 5.02 Å². The number of halogens is 4. The summed E-state index contributed by atoms with van der Waals surface area (Å²) in [5, 5.41) is 1.95. The minimum Gasteiger partial charge on any atom is -0.351 e. The number of nitrogens with one attached hydrogen (secondary N) is 1. The molecule has 0 bridgehead atoms. The fourth-order valence-corrected chi connectivity index (χ4v) is 4.01. The predicted molar refractivity (Wildman–Crippen MR) is 78.3 cm³/mol. The number of carbonyl (C=O) groups excluding carboxylic acids is 1. The zero-order chi connectivity index (χ0) is 17.4. The average molecular weight is 371 g/mol. The van der Waals surface area contributed by atoms with Crippen LogP contribution in [0.25, 0.3) is 0 Å². The van der Waals surface area contributed by atoms with Gasteiger partial charge in [-0.3, -0.25) is 4.79 Å². The van der Waals surface area contributed by atoms with Crippen LogP contribution >= 0.6 is 11.6 Å². The van der Waals surface area contributed by atoms with Gasteiger partial charge in [0, 0.05) is 13.6 Å². The highest BCUT2D eigenvalue weighted by molar-refractivity contribution is 7.89. The molecule has 1 heterocycles. The van der Waals surface area contributed by atoms with Crippen LogP contribution in [0.3, 0.4) is 0 Å². The number of alkyl halides is 3. The first-order valence-electron chi connectivity index (χ1n) is 6.62. The first-order valence-corrected chi connectivity index (χ1v) is 8.61. The van der Waals surface area contributed by atoms with E-state index in [9.17, 15) is 26.4 Å². The molecular weight excluding hydrogens is 357 g/mol. The number of sulfonamides is 1. The number of hydrogen-bond donors (Lipinski definition) is 1. The Morgan fingerprint density at radius 2 is 2.09 bits per heavy atom. The van der Waals surface area contributed by atoms with E-state index in [1.807, 2.05) is 0 Å². The largest absolute Gasteiger partial charge is 0.417 e. The van der Waals surface area contributed by atoms with Gasteiger partial charge in [0.1, 0.15) is 6.04 Å². The molecule has 1 aromatic rings. The van der Waals surface area contributed by atoms with Gasteiger partial charge in [-0.1, -0.05) is 23.7 Å². The van der Waals surface area contributed by atoms with Crippen molar-refractivity contribution in [1.82, 2.24) is 9.62 Å². The van der Waals surface area contributed by atoms with E-state index in [4.69, 9.17) is 11.6 Å². The smallest absolute Gasteiger partial charge is 0.351 e. The number of nitrogens with zero attached hydrogens (tertiary/aromatic N) is 1. The highest BCUT2D eigenvalue weighted by Gasteiger charge is 2.38. The molecule has 2 rings (SSSR count). The van der Waals surface area contributed by atoms with Gasteiger partial charge >= 0.3 is 6.18 Å². The van der Waals surface area contributed by atoms with E-state index < -0.39 is 38.7 Å². The molecule has 1 saturated heterocycles. The molecule has 0 saturated carbocycles. The summed E-state index contributed by atoms with van der Waals surface area (Å²) < 4.78 is 62.4. The Bertz CT molecular complexity index is 722. The van der Waals surface area contributed by atoms with Crippen molar-refractivity contribution in [2.45, 2.75) is 25.2 Å². The standard InChI is InChI=1S/C13H14ClF3N2O3S/c1-19-10(5-6-23(19,21)22)12(20)18-7-8-3-2-4-9(11(8)14)13(15,16)17/h2-4,10H,5-7H2,1H3,(H,18,20). The molecule has 1 atom stereocenters. The fourth-order valence-electron chi connectivity index (χ4n) is 2.31. The van der Waals surface area contributed by atoms with Crippen LogP contribution in [0, 0.1) is 0 Å². The number of likely N-dealkylation sites (N-methyl/N-ethyl adjacent to an activating group) is 1. The van der Waals surface area contributed by atoms with Gasteiger partial charge in [0.2, 0.25) is 15.9 Å². The summed E-state index contributed by atoms with van der Waals surface area (Å²) in [6.45, 7) is -0.216. The fraction of sp³-hybridized carbons (Fsp3) is 0.462. The molecule has 10 heteroatoms. The van der Waals surface area contributed by atoms with Crippen molar-refractivity contribution < 1.29 is 26.4 Å². The number of rotatable bonds is 3. The molecule has 1 aromatic carbocycles. The summed E-state index contributed by atoms with van der Waals surface area (Å²) in [5.41, 5.74) is -0.871. The van der Waals surface area contributed by atoms with Crippen LogP contribution in [0.4, 0.5) is 13.2 Å². The maximum atomic E-state index is 12.8. The molecule has 1 amide bonds. The average Bonchev–Trinajstić information content (AvgIpc) is 2.71. The third-order valence-electron chi connectivity index (χ3n) is 3.67. The highest BCUT2D eigenvalue weighted by atomic mass is 35.5. The lowest BCUT2D eigenvalue weighted by molar-refractivity contribution is -0.137. The van der Waals surface area contributed by atoms with Crippen molar-refractivity contribution in [3.05, 3.63) is 34.3 Å². The van der Waals surface area contributed by atoms with Crippen LogP contribution < -0.4 is 5.32 Å². The van der Waals surface area contributed by atoms with Crippen LogP contribution in [-0.2, 0) is 27.5 Å². The Hall–Kier alpha value is -1.32. The van der Waals surface area contributed by atoms with E-state index in [1.54, 1.807) is 0 Å². The van der Waals surface area contributed by atoms with E-state index in [0.717, 1.165) is 10.4 Å². The maximum absolute atomic E-state index is 12.8. The molecule has 0 spiro atoms. The van der Waals surface area contributed by atoms with Gasteiger partial charge in [0.15, 0.2) is 0 Å². The van der Waals surface area contributed by atoms with E-state index in [1.165, 1.54) is 19.2 Å². The Morgan fingerprint density at radius 3 is 2.61 bits per heavy atom. The Morgan fingerprint density at radius 1 is 1.43 bits per heavy atom. The van der Waals surface area contributed by atoms with Gasteiger partial charge in [0.05, 0.1) is 16.3 Å². The summed E-state index contributed by atoms with van der Waals surface area (Å²) in [4.78, 5) is 12.0. The van der Waals surface area contributed by atoms with Crippen molar-refractivity contribution in [2.24, 2.45) is 0 Å². The molecule has 0 radical (unpaired) electrons. The Kier molecular flexibility index (Phi) is 4.93. The molecule has 0 aliphatic carbocycles. The lowest BCUT2D eigenvalue weighted by Crippen LogP contribution is -2.42. The molecule has 1 N–H and O–H groups in total. The minimum atomic E-state index is -4.59. The molecule has 5 nitrogen and oxygen atoms in total. The summed E-state index contributed by atoms with van der Waals surface area (Å²) >= 11 is 5.73. The van der Waals surface area contributed by atoms with Gasteiger partial charge in [0.25, 0.3) is 0 Å². The molecule has 1 aliphatic heterocycles. The van der Waals surface area contributed by atoms with Gasteiger partial charge in [-0.25, -0.2) is 8.42 Å². The van der Waals surface area contributed by atoms with Crippen molar-refractivity contribution in [2.75, 3.05) is 12.8 Å². The van der Waals surface area contributed by atoms with E-state index in [0.29, 0.717) is 0 Å². The second kappa shape index (κ2) is 6.29. The van der Waals surface area contributed by atoms with Gasteiger partial charge in [-0.05, 0) is 18.1 Å². The van der Waals surface area contributed by atoms with Gasteiger partial charge < -0.3 is 5.32 Å². The molecule has 0 aromatic heterocycles. The third kappa shape index (κ3) is 3.78. The van der Waals surface area contributed by atoms with Crippen LogP contribution in [0.5, 0.6) is 0 Å². The number of hydrogen-bond acceptors (Lipinski definition) is 3. The van der Waals surface area contributed by atoms with Crippen LogP contribution in [-0.4, -0.2) is 37.5 Å². The first-order chi connectivity index (χ1) is 10.5. The normalized spacial score (nSPS) is 21.3. The van der Waals surface area contributed by atoms with Crippen molar-refractivity contribution >= 4 is 27.5 Å².